The fourth-order valence-corrected chi connectivity index (χ4v) is 3.90. The molecular weight excluding hydrogens is 410 g/mol. The summed E-state index contributed by atoms with van der Waals surface area (Å²) in [5, 5.41) is 0.831. The minimum Gasteiger partial charge on any atom is -0.490 e. The molecule has 0 unspecified atom stereocenters. The smallest absolute Gasteiger partial charge is 0.260 e. The Bertz CT molecular complexity index is 1420. The number of pyridine rings is 3. The predicted molar refractivity (Wildman–Crippen MR) is 121 cm³/mol. The molecule has 0 fully saturated rings. The van der Waals surface area contributed by atoms with Crippen molar-refractivity contribution in [3.8, 4) is 11.5 Å². The lowest BCUT2D eigenvalue weighted by molar-refractivity contribution is 0.186. The van der Waals surface area contributed by atoms with Gasteiger partial charge in [0.25, 0.3) is 11.1 Å². The van der Waals surface area contributed by atoms with Crippen molar-refractivity contribution < 1.29 is 14.2 Å². The lowest BCUT2D eigenvalue weighted by atomic mass is 10.1. The Morgan fingerprint density at radius 1 is 0.906 bits per heavy atom. The second kappa shape index (κ2) is 8.47. The third kappa shape index (κ3) is 3.73. The van der Waals surface area contributed by atoms with Crippen LogP contribution in [0, 0.1) is 0 Å². The fourth-order valence-electron chi connectivity index (χ4n) is 3.90. The van der Waals surface area contributed by atoms with Crippen molar-refractivity contribution >= 4 is 21.8 Å². The van der Waals surface area contributed by atoms with E-state index in [1.54, 1.807) is 46.8 Å². The van der Waals surface area contributed by atoms with E-state index in [4.69, 9.17) is 14.2 Å². The average molecular weight is 433 g/mol. The Balaban J connectivity index is 1.54. The van der Waals surface area contributed by atoms with Gasteiger partial charge in [-0.15, -0.1) is 0 Å². The topological polar surface area (TPSA) is 84.6 Å². The summed E-state index contributed by atoms with van der Waals surface area (Å²) in [4.78, 5) is 30.6. The second-order valence-corrected chi connectivity index (χ2v) is 7.74. The van der Waals surface area contributed by atoms with Crippen LogP contribution in [-0.2, 0) is 17.8 Å². The molecule has 4 aromatic rings. The molecule has 1 aliphatic rings. The highest BCUT2D eigenvalue weighted by molar-refractivity contribution is 5.91. The molecule has 1 aromatic carbocycles. The quantitative estimate of drug-likeness (QED) is 0.450. The summed E-state index contributed by atoms with van der Waals surface area (Å²) in [6, 6.07) is 10.9. The summed E-state index contributed by atoms with van der Waals surface area (Å²) in [6.45, 7) is 2.47. The number of nitrogens with zero attached hydrogens (tertiary/aromatic N) is 3. The first-order chi connectivity index (χ1) is 15.6. The summed E-state index contributed by atoms with van der Waals surface area (Å²) in [7, 11) is 1.59. The van der Waals surface area contributed by atoms with E-state index in [2.05, 4.69) is 4.98 Å². The highest BCUT2D eigenvalue weighted by Gasteiger charge is 2.13. The molecule has 0 atom stereocenters. The van der Waals surface area contributed by atoms with Crippen molar-refractivity contribution in [2.45, 2.75) is 19.5 Å². The van der Waals surface area contributed by atoms with Crippen LogP contribution in [0.5, 0.6) is 11.5 Å². The molecule has 0 N–H and O–H groups in total. The van der Waals surface area contributed by atoms with Gasteiger partial charge < -0.3 is 23.3 Å². The maximum Gasteiger partial charge on any atom is 0.260 e. The van der Waals surface area contributed by atoms with Crippen LogP contribution >= 0.6 is 0 Å². The van der Waals surface area contributed by atoms with E-state index in [1.165, 1.54) is 0 Å². The zero-order valence-electron chi connectivity index (χ0n) is 17.7. The van der Waals surface area contributed by atoms with Crippen molar-refractivity contribution in [3.63, 3.8) is 0 Å². The van der Waals surface area contributed by atoms with Gasteiger partial charge in [-0.3, -0.25) is 9.59 Å². The molecule has 8 nitrogen and oxygen atoms in total. The van der Waals surface area contributed by atoms with E-state index in [-0.39, 0.29) is 11.1 Å². The molecule has 4 heterocycles. The van der Waals surface area contributed by atoms with Crippen LogP contribution < -0.4 is 20.6 Å². The van der Waals surface area contributed by atoms with E-state index >= 15 is 0 Å². The van der Waals surface area contributed by atoms with Gasteiger partial charge in [0.05, 0.1) is 48.2 Å². The minimum absolute atomic E-state index is 0.188. The van der Waals surface area contributed by atoms with Crippen molar-refractivity contribution in [1.82, 2.24) is 14.1 Å². The lowest BCUT2D eigenvalue weighted by Gasteiger charge is -2.12. The maximum absolute atomic E-state index is 13.2. The van der Waals surface area contributed by atoms with Gasteiger partial charge in [0, 0.05) is 32.5 Å². The molecular formula is C24H23N3O5. The first kappa shape index (κ1) is 20.3. The van der Waals surface area contributed by atoms with Gasteiger partial charge in [-0.05, 0) is 35.9 Å². The molecule has 0 bridgehead atoms. The summed E-state index contributed by atoms with van der Waals surface area (Å²) in [6.07, 6.45) is 4.27. The van der Waals surface area contributed by atoms with Gasteiger partial charge in [0.2, 0.25) is 0 Å². The summed E-state index contributed by atoms with van der Waals surface area (Å²) < 4.78 is 19.7. The molecule has 5 rings (SSSR count). The molecule has 0 aliphatic carbocycles. The SMILES string of the molecule is COCCn1ccc2nc3ccn(Cc4ccc5c(c4)OCCCO5)c(=O)c3cc2c1=O. The number of hydrogen-bond donors (Lipinski definition) is 0. The number of aromatic nitrogens is 3. The van der Waals surface area contributed by atoms with Crippen LogP contribution in [0.15, 0.2) is 58.4 Å². The Hall–Kier alpha value is -3.65. The largest absolute Gasteiger partial charge is 0.490 e. The second-order valence-electron chi connectivity index (χ2n) is 7.74. The zero-order chi connectivity index (χ0) is 22.1. The number of fused-ring (bicyclic) bond motifs is 3. The Morgan fingerprint density at radius 2 is 1.59 bits per heavy atom. The van der Waals surface area contributed by atoms with E-state index in [0.717, 1.165) is 17.7 Å². The molecule has 1 aliphatic heterocycles. The normalized spacial score (nSPS) is 13.4. The highest BCUT2D eigenvalue weighted by atomic mass is 16.5. The van der Waals surface area contributed by atoms with Crippen LogP contribution in [0.2, 0.25) is 0 Å². The molecule has 164 valence electrons. The average Bonchev–Trinajstić information content (AvgIpc) is 3.05. The predicted octanol–water partition coefficient (Wildman–Crippen LogP) is 2.57. The van der Waals surface area contributed by atoms with Crippen LogP contribution in [0.4, 0.5) is 0 Å². The first-order valence-electron chi connectivity index (χ1n) is 10.5. The summed E-state index contributed by atoms with van der Waals surface area (Å²) >= 11 is 0. The molecule has 3 aromatic heterocycles. The fraction of sp³-hybridized carbons (Fsp3) is 0.292. The van der Waals surface area contributed by atoms with E-state index in [9.17, 15) is 9.59 Å². The Morgan fingerprint density at radius 3 is 2.34 bits per heavy atom. The van der Waals surface area contributed by atoms with Crippen molar-refractivity contribution in [2.75, 3.05) is 26.9 Å². The molecule has 32 heavy (non-hydrogen) atoms. The van der Waals surface area contributed by atoms with Crippen LogP contribution in [-0.4, -0.2) is 41.0 Å². The lowest BCUT2D eigenvalue weighted by Crippen LogP contribution is -2.23. The van der Waals surface area contributed by atoms with E-state index < -0.39 is 0 Å². The third-order valence-electron chi connectivity index (χ3n) is 5.59. The number of ether oxygens (including phenoxy) is 3. The van der Waals surface area contributed by atoms with Gasteiger partial charge in [-0.1, -0.05) is 6.07 Å². The Kier molecular flexibility index (Phi) is 5.36. The van der Waals surface area contributed by atoms with Crippen molar-refractivity contribution in [1.29, 1.82) is 0 Å². The number of rotatable bonds is 5. The Labute approximate surface area is 183 Å². The van der Waals surface area contributed by atoms with Gasteiger partial charge in [0.15, 0.2) is 11.5 Å². The number of methoxy groups -OCH3 is 1. The van der Waals surface area contributed by atoms with E-state index in [1.807, 2.05) is 18.2 Å². The third-order valence-corrected chi connectivity index (χ3v) is 5.59. The standard InChI is InChI=1S/C24H23N3O5/c1-30-12-9-26-7-5-19-17(23(26)28)14-18-20(25-19)6-8-27(24(18)29)15-16-3-4-21-22(13-16)32-11-2-10-31-21/h3-8,13-14H,2,9-12,15H2,1H3. The monoisotopic (exact) mass is 433 g/mol. The van der Waals surface area contributed by atoms with Crippen LogP contribution in [0.3, 0.4) is 0 Å². The van der Waals surface area contributed by atoms with Crippen LogP contribution in [0.25, 0.3) is 21.8 Å². The number of hydrogen-bond acceptors (Lipinski definition) is 6. The molecule has 0 spiro atoms. The molecule has 0 amide bonds. The summed E-state index contributed by atoms with van der Waals surface area (Å²) in [5.74, 6) is 1.41. The van der Waals surface area contributed by atoms with Gasteiger partial charge in [0.1, 0.15) is 0 Å². The van der Waals surface area contributed by atoms with Crippen molar-refractivity contribution in [2.24, 2.45) is 0 Å². The van der Waals surface area contributed by atoms with Gasteiger partial charge in [-0.2, -0.15) is 0 Å². The van der Waals surface area contributed by atoms with Gasteiger partial charge >= 0.3 is 0 Å². The minimum atomic E-state index is -0.198. The molecule has 0 saturated heterocycles. The van der Waals surface area contributed by atoms with Crippen LogP contribution in [0.1, 0.15) is 12.0 Å². The van der Waals surface area contributed by atoms with E-state index in [0.29, 0.717) is 60.5 Å². The molecule has 0 radical (unpaired) electrons. The number of benzene rings is 1. The molecule has 8 heteroatoms. The summed E-state index contributed by atoms with van der Waals surface area (Å²) in [5.41, 5.74) is 1.66. The maximum atomic E-state index is 13.2. The van der Waals surface area contributed by atoms with Gasteiger partial charge in [-0.25, -0.2) is 4.98 Å². The highest BCUT2D eigenvalue weighted by Crippen LogP contribution is 2.30. The van der Waals surface area contributed by atoms with Crippen molar-refractivity contribution in [3.05, 3.63) is 75.1 Å². The molecule has 0 saturated carbocycles. The first-order valence-corrected chi connectivity index (χ1v) is 10.5. The zero-order valence-corrected chi connectivity index (χ0v) is 17.7.